The molecule has 7 atom stereocenters. The number of hydrazine groups is 1. The topological polar surface area (TPSA) is 201 Å². The molecule has 0 saturated carbocycles. The maximum atomic E-state index is 14.5. The van der Waals surface area contributed by atoms with Crippen molar-refractivity contribution in [2.24, 2.45) is 11.8 Å². The number of hydrogen-bond donors (Lipinski definition) is 4. The number of benzene rings is 1. The summed E-state index contributed by atoms with van der Waals surface area (Å²) in [4.78, 5) is 92.4. The van der Waals surface area contributed by atoms with Gasteiger partial charge in [0.05, 0.1) is 12.0 Å². The quantitative estimate of drug-likeness (QED) is 0.0459. The smallest absolute Gasteiger partial charge is 0.426 e. The van der Waals surface area contributed by atoms with Gasteiger partial charge in [0.15, 0.2) is 6.10 Å². The van der Waals surface area contributed by atoms with Gasteiger partial charge in [0.1, 0.15) is 34.2 Å². The van der Waals surface area contributed by atoms with Gasteiger partial charge in [-0.05, 0) is 97.3 Å². The standard InChI is InChI=1S/C45H61FN8O8S3/c1-8-27(4)39(50-42(58)35-13-10-12-18-53(35)6)44(59)54(7)36(26(2)3)24-37(62-28(5)55)43-49-34(25-63-43)41(57)48-31-21-29-15-16-30(46)22-32(29)33(23-31)40(56)51-52-45(60)61-19-20-64-65-38-14-9-11-17-47-38/h9,11,14-17,22,25-27,31,33,35-37,39H,8,10,12-13,18-21,23-24H2,1-7H3,(H,48,57)(H,50,58)(H,51,56)(H,52,60)/t27-,31-,33+,35?,36+,37+,39?/m0/s1. The Morgan fingerprint density at radius 3 is 2.54 bits per heavy atom. The zero-order valence-electron chi connectivity index (χ0n) is 38.0. The van der Waals surface area contributed by atoms with E-state index >= 15 is 0 Å². The van der Waals surface area contributed by atoms with Crippen LogP contribution in [0.2, 0.25) is 0 Å². The zero-order valence-corrected chi connectivity index (χ0v) is 40.4. The Morgan fingerprint density at radius 1 is 1.06 bits per heavy atom. The molecular formula is C45H61FN8O8S3. The number of ether oxygens (including phenoxy) is 2. The van der Waals surface area contributed by atoms with E-state index in [1.165, 1.54) is 40.6 Å². The summed E-state index contributed by atoms with van der Waals surface area (Å²) in [5, 5.41) is 8.76. The minimum atomic E-state index is -0.931. The van der Waals surface area contributed by atoms with E-state index in [1.807, 2.05) is 57.8 Å². The predicted molar refractivity (Wildman–Crippen MR) is 248 cm³/mol. The minimum absolute atomic E-state index is 0.0619. The fraction of sp³-hybridized carbons (Fsp3) is 0.556. The summed E-state index contributed by atoms with van der Waals surface area (Å²) in [6, 6.07) is 7.60. The molecule has 0 spiro atoms. The first-order valence-electron chi connectivity index (χ1n) is 22.0. The van der Waals surface area contributed by atoms with Crippen LogP contribution in [0.5, 0.6) is 0 Å². The van der Waals surface area contributed by atoms with Crippen LogP contribution in [-0.2, 0) is 35.1 Å². The zero-order chi connectivity index (χ0) is 47.2. The van der Waals surface area contributed by atoms with Gasteiger partial charge < -0.3 is 25.0 Å². The Kier molecular flexibility index (Phi) is 19.4. The molecule has 2 aliphatic rings. The molecular weight excluding hydrogens is 896 g/mol. The largest absolute Gasteiger partial charge is 0.455 e. The van der Waals surface area contributed by atoms with Crippen LogP contribution in [0.15, 0.2) is 53.0 Å². The van der Waals surface area contributed by atoms with E-state index in [0.29, 0.717) is 34.7 Å². The highest BCUT2D eigenvalue weighted by atomic mass is 33.1. The molecule has 354 valence electrons. The molecule has 1 aromatic carbocycles. The van der Waals surface area contributed by atoms with E-state index in [2.05, 4.69) is 31.5 Å². The van der Waals surface area contributed by atoms with Gasteiger partial charge >= 0.3 is 12.1 Å². The van der Waals surface area contributed by atoms with Gasteiger partial charge in [-0.3, -0.25) is 34.3 Å². The highest BCUT2D eigenvalue weighted by Gasteiger charge is 2.38. The fourth-order valence-electron chi connectivity index (χ4n) is 8.11. The number of amides is 5. The number of fused-ring (bicyclic) bond motifs is 1. The number of esters is 1. The maximum absolute atomic E-state index is 14.5. The van der Waals surface area contributed by atoms with Crippen molar-refractivity contribution >= 4 is 68.6 Å². The van der Waals surface area contributed by atoms with Crippen LogP contribution >= 0.6 is 32.9 Å². The Labute approximate surface area is 392 Å². The second-order valence-corrected chi connectivity index (χ2v) is 20.2. The number of rotatable bonds is 19. The summed E-state index contributed by atoms with van der Waals surface area (Å²) in [5.41, 5.74) is 5.78. The molecule has 1 saturated heterocycles. The average molecular weight is 957 g/mol. The average Bonchev–Trinajstić information content (AvgIpc) is 3.79. The molecule has 0 bridgehead atoms. The molecule has 5 rings (SSSR count). The Balaban J connectivity index is 1.22. The van der Waals surface area contributed by atoms with E-state index in [0.717, 1.165) is 42.2 Å². The van der Waals surface area contributed by atoms with Crippen LogP contribution in [0.1, 0.15) is 112 Å². The summed E-state index contributed by atoms with van der Waals surface area (Å²) in [6.45, 7) is 10.0. The van der Waals surface area contributed by atoms with Crippen molar-refractivity contribution in [1.82, 2.24) is 41.3 Å². The molecule has 2 unspecified atom stereocenters. The second kappa shape index (κ2) is 24.7. The highest BCUT2D eigenvalue weighted by molar-refractivity contribution is 8.76. The van der Waals surface area contributed by atoms with Crippen LogP contribution in [0.25, 0.3) is 0 Å². The lowest BCUT2D eigenvalue weighted by molar-refractivity contribution is -0.149. The molecule has 1 aliphatic heterocycles. The molecule has 5 amide bonds. The van der Waals surface area contributed by atoms with Gasteiger partial charge in [0.2, 0.25) is 17.7 Å². The van der Waals surface area contributed by atoms with Crippen LogP contribution in [0.4, 0.5) is 9.18 Å². The summed E-state index contributed by atoms with van der Waals surface area (Å²) in [5.74, 6) is -3.35. The summed E-state index contributed by atoms with van der Waals surface area (Å²) in [7, 11) is 6.52. The molecule has 1 fully saturated rings. The van der Waals surface area contributed by atoms with Crippen molar-refractivity contribution < 1.29 is 42.6 Å². The van der Waals surface area contributed by atoms with E-state index in [9.17, 15) is 33.2 Å². The maximum Gasteiger partial charge on any atom is 0.426 e. The Morgan fingerprint density at radius 2 is 1.85 bits per heavy atom. The normalized spacial score (nSPS) is 19.1. The number of nitrogens with zero attached hydrogens (tertiary/aromatic N) is 4. The van der Waals surface area contributed by atoms with Gasteiger partial charge in [-0.15, -0.1) is 11.3 Å². The first kappa shape index (κ1) is 51.2. The third kappa shape index (κ3) is 14.6. The molecule has 3 heterocycles. The minimum Gasteiger partial charge on any atom is -0.455 e. The van der Waals surface area contributed by atoms with E-state index in [-0.39, 0.29) is 54.8 Å². The number of nitrogens with one attached hydrogen (secondary N) is 4. The summed E-state index contributed by atoms with van der Waals surface area (Å²) >= 11 is 1.14. The summed E-state index contributed by atoms with van der Waals surface area (Å²) in [6.07, 6.45) is 3.85. The van der Waals surface area contributed by atoms with Gasteiger partial charge in [0, 0.05) is 49.8 Å². The summed E-state index contributed by atoms with van der Waals surface area (Å²) < 4.78 is 25.4. The van der Waals surface area contributed by atoms with E-state index in [1.54, 1.807) is 29.6 Å². The third-order valence-electron chi connectivity index (χ3n) is 11.8. The highest BCUT2D eigenvalue weighted by Crippen LogP contribution is 2.34. The number of pyridine rings is 1. The van der Waals surface area contributed by atoms with Crippen molar-refractivity contribution in [3.63, 3.8) is 0 Å². The number of piperidine rings is 1. The number of likely N-dealkylation sites (tertiary alicyclic amines) is 1. The van der Waals surface area contributed by atoms with Gasteiger partial charge in [-0.2, -0.15) is 0 Å². The number of likely N-dealkylation sites (N-methyl/N-ethyl adjacent to an activating group) is 2. The number of carbonyl (C=O) groups is 6. The Hall–Kier alpha value is -4.79. The molecule has 65 heavy (non-hydrogen) atoms. The van der Waals surface area contributed by atoms with Gasteiger partial charge in [-0.25, -0.2) is 24.6 Å². The van der Waals surface area contributed by atoms with Crippen LogP contribution in [-0.4, -0.2) is 113 Å². The number of halogens is 1. The van der Waals surface area contributed by atoms with Crippen molar-refractivity contribution in [3.05, 3.63) is 75.6 Å². The van der Waals surface area contributed by atoms with Crippen molar-refractivity contribution in [1.29, 1.82) is 0 Å². The van der Waals surface area contributed by atoms with Gasteiger partial charge in [-0.1, -0.05) is 63.5 Å². The number of hydrogen-bond acceptors (Lipinski definition) is 14. The van der Waals surface area contributed by atoms with Crippen molar-refractivity contribution in [3.8, 4) is 0 Å². The SMILES string of the molecule is CC[C@H](C)C(NC(=O)C1CCCCN1C)C(=O)N(C)[C@H](C[C@@H](OC(C)=O)c1nc(C(=O)N[C@H]2Cc3ccc(F)cc3[C@H](C(=O)NNC(=O)OCCSSc3ccccn3)C2)cs1)C(C)C. The van der Waals surface area contributed by atoms with Crippen LogP contribution < -0.4 is 21.5 Å². The first-order chi connectivity index (χ1) is 31.1. The lowest BCUT2D eigenvalue weighted by Crippen LogP contribution is -2.58. The van der Waals surface area contributed by atoms with Crippen LogP contribution in [0, 0.1) is 17.7 Å². The number of aromatic nitrogens is 2. The fourth-order valence-corrected chi connectivity index (χ4v) is 10.7. The predicted octanol–water partition coefficient (Wildman–Crippen LogP) is 6.20. The third-order valence-corrected chi connectivity index (χ3v) is 15.0. The van der Waals surface area contributed by atoms with Crippen molar-refractivity contribution in [2.75, 3.05) is 33.0 Å². The lowest BCUT2D eigenvalue weighted by atomic mass is 9.79. The second-order valence-electron chi connectivity index (χ2n) is 16.9. The molecule has 0 radical (unpaired) electrons. The molecule has 16 nitrogen and oxygen atoms in total. The number of carbonyl (C=O) groups excluding carboxylic acids is 6. The molecule has 3 aromatic rings. The monoisotopic (exact) mass is 956 g/mol. The molecule has 1 aliphatic carbocycles. The number of thiazole rings is 1. The van der Waals surface area contributed by atoms with Crippen LogP contribution in [0.3, 0.4) is 0 Å². The molecule has 2 aromatic heterocycles. The first-order valence-corrected chi connectivity index (χ1v) is 25.2. The Bertz CT molecular complexity index is 2120. The van der Waals surface area contributed by atoms with Gasteiger partial charge in [0.25, 0.3) is 5.91 Å². The molecule has 4 N–H and O–H groups in total. The molecule has 20 heteroatoms. The lowest BCUT2D eigenvalue weighted by Gasteiger charge is -2.38. The van der Waals surface area contributed by atoms with E-state index < -0.39 is 59.8 Å². The van der Waals surface area contributed by atoms with E-state index in [4.69, 9.17) is 9.47 Å². The van der Waals surface area contributed by atoms with Crippen molar-refractivity contribution in [2.45, 2.75) is 121 Å².